The number of likely N-dealkylation sites (N-methyl/N-ethyl adjacent to an activating group) is 1. The van der Waals surface area contributed by atoms with Crippen molar-refractivity contribution in [1.82, 2.24) is 10.2 Å². The topological polar surface area (TPSA) is 24.5 Å². The minimum absolute atomic E-state index is 0.492. The average molecular weight is 244 g/mol. The predicted molar refractivity (Wildman–Crippen MR) is 75.5 cm³/mol. The molecule has 0 heterocycles. The summed E-state index contributed by atoms with van der Waals surface area (Å²) in [6.07, 6.45) is 0. The summed E-state index contributed by atoms with van der Waals surface area (Å²) in [6, 6.07) is 0.492. The molecule has 0 aliphatic rings. The zero-order valence-corrected chi connectivity index (χ0v) is 12.6. The van der Waals surface area contributed by atoms with E-state index in [4.69, 9.17) is 4.74 Å². The van der Waals surface area contributed by atoms with Crippen molar-refractivity contribution in [3.63, 3.8) is 0 Å². The van der Waals surface area contributed by atoms with Crippen LogP contribution in [0.15, 0.2) is 0 Å². The normalized spacial score (nSPS) is 13.9. The highest BCUT2D eigenvalue weighted by Crippen LogP contribution is 2.05. The standard InChI is InChI=1S/C14H32N2O/c1-7-16(10-13(4)5)14(11-17-6)9-15-8-12(2)3/h12-15H,7-11H2,1-6H3. The summed E-state index contributed by atoms with van der Waals surface area (Å²) in [4.78, 5) is 2.52. The van der Waals surface area contributed by atoms with E-state index < -0.39 is 0 Å². The summed E-state index contributed by atoms with van der Waals surface area (Å²) in [7, 11) is 1.79. The maximum atomic E-state index is 5.34. The molecule has 17 heavy (non-hydrogen) atoms. The van der Waals surface area contributed by atoms with Crippen LogP contribution in [0.2, 0.25) is 0 Å². The molecule has 0 aliphatic carbocycles. The summed E-state index contributed by atoms with van der Waals surface area (Å²) >= 11 is 0. The Kier molecular flexibility index (Phi) is 9.79. The second kappa shape index (κ2) is 9.86. The molecular formula is C14H32N2O. The molecule has 1 unspecified atom stereocenters. The lowest BCUT2D eigenvalue weighted by Gasteiger charge is -2.32. The molecule has 104 valence electrons. The van der Waals surface area contributed by atoms with Crippen molar-refractivity contribution in [2.45, 2.75) is 40.7 Å². The highest BCUT2D eigenvalue weighted by atomic mass is 16.5. The molecule has 0 saturated carbocycles. The van der Waals surface area contributed by atoms with Crippen molar-refractivity contribution in [3.05, 3.63) is 0 Å². The Bertz CT molecular complexity index is 172. The Balaban J connectivity index is 4.15. The number of nitrogens with zero attached hydrogens (tertiary/aromatic N) is 1. The monoisotopic (exact) mass is 244 g/mol. The van der Waals surface area contributed by atoms with Gasteiger partial charge >= 0.3 is 0 Å². The summed E-state index contributed by atoms with van der Waals surface area (Å²) in [6.45, 7) is 16.4. The van der Waals surface area contributed by atoms with E-state index in [1.54, 1.807) is 7.11 Å². The molecule has 3 heteroatoms. The molecule has 0 amide bonds. The smallest absolute Gasteiger partial charge is 0.0630 e. The molecule has 0 rings (SSSR count). The van der Waals surface area contributed by atoms with E-state index in [1.807, 2.05) is 0 Å². The molecule has 0 bridgehead atoms. The number of methoxy groups -OCH3 is 1. The van der Waals surface area contributed by atoms with Gasteiger partial charge in [0.25, 0.3) is 0 Å². The maximum absolute atomic E-state index is 5.34. The molecule has 3 nitrogen and oxygen atoms in total. The third kappa shape index (κ3) is 8.58. The molecule has 0 aromatic heterocycles. The third-order valence-electron chi connectivity index (χ3n) is 2.81. The van der Waals surface area contributed by atoms with Crippen LogP contribution in [0.1, 0.15) is 34.6 Å². The van der Waals surface area contributed by atoms with E-state index in [1.165, 1.54) is 0 Å². The summed E-state index contributed by atoms with van der Waals surface area (Å²) in [5.74, 6) is 1.41. The average Bonchev–Trinajstić information content (AvgIpc) is 2.24. The van der Waals surface area contributed by atoms with Gasteiger partial charge in [0, 0.05) is 26.2 Å². The number of nitrogens with one attached hydrogen (secondary N) is 1. The van der Waals surface area contributed by atoms with Gasteiger partial charge in [-0.2, -0.15) is 0 Å². The van der Waals surface area contributed by atoms with E-state index in [-0.39, 0.29) is 0 Å². The lowest BCUT2D eigenvalue weighted by atomic mass is 10.1. The zero-order valence-electron chi connectivity index (χ0n) is 12.6. The van der Waals surface area contributed by atoms with E-state index >= 15 is 0 Å². The van der Waals surface area contributed by atoms with Crippen LogP contribution in [0, 0.1) is 11.8 Å². The first kappa shape index (κ1) is 16.9. The Labute approximate surface area is 108 Å². The lowest BCUT2D eigenvalue weighted by Crippen LogP contribution is -2.47. The van der Waals surface area contributed by atoms with E-state index in [9.17, 15) is 0 Å². The SMILES string of the molecule is CCN(CC(C)C)C(CNCC(C)C)COC. The molecule has 0 spiro atoms. The van der Waals surface area contributed by atoms with E-state index in [0.717, 1.165) is 32.8 Å². The van der Waals surface area contributed by atoms with Crippen LogP contribution in [-0.2, 0) is 4.74 Å². The number of hydrogen-bond donors (Lipinski definition) is 1. The zero-order chi connectivity index (χ0) is 13.3. The summed E-state index contributed by atoms with van der Waals surface area (Å²) in [5, 5.41) is 3.54. The number of ether oxygens (including phenoxy) is 1. The number of hydrogen-bond acceptors (Lipinski definition) is 3. The number of rotatable bonds is 10. The van der Waals surface area contributed by atoms with Gasteiger partial charge in [0.15, 0.2) is 0 Å². The molecule has 0 aromatic carbocycles. The van der Waals surface area contributed by atoms with Crippen LogP contribution in [0.3, 0.4) is 0 Å². The lowest BCUT2D eigenvalue weighted by molar-refractivity contribution is 0.0845. The van der Waals surface area contributed by atoms with Gasteiger partial charge < -0.3 is 10.1 Å². The predicted octanol–water partition coefficient (Wildman–Crippen LogP) is 2.22. The first-order valence-electron chi connectivity index (χ1n) is 6.94. The quantitative estimate of drug-likeness (QED) is 0.638. The van der Waals surface area contributed by atoms with Crippen molar-refractivity contribution in [2.24, 2.45) is 11.8 Å². The van der Waals surface area contributed by atoms with Gasteiger partial charge in [0.1, 0.15) is 0 Å². The molecule has 1 atom stereocenters. The van der Waals surface area contributed by atoms with Gasteiger partial charge in [-0.05, 0) is 24.9 Å². The highest BCUT2D eigenvalue weighted by Gasteiger charge is 2.17. The fourth-order valence-corrected chi connectivity index (χ4v) is 2.03. The van der Waals surface area contributed by atoms with Gasteiger partial charge in [-0.3, -0.25) is 4.90 Å². The van der Waals surface area contributed by atoms with Gasteiger partial charge in [-0.15, -0.1) is 0 Å². The maximum Gasteiger partial charge on any atom is 0.0630 e. The Morgan fingerprint density at radius 2 is 1.71 bits per heavy atom. The first-order chi connectivity index (χ1) is 8.01. The largest absolute Gasteiger partial charge is 0.383 e. The summed E-state index contributed by atoms with van der Waals surface area (Å²) in [5.41, 5.74) is 0. The molecule has 0 aliphatic heterocycles. The molecule has 0 radical (unpaired) electrons. The summed E-state index contributed by atoms with van der Waals surface area (Å²) < 4.78 is 5.34. The Morgan fingerprint density at radius 3 is 2.12 bits per heavy atom. The molecule has 0 fully saturated rings. The van der Waals surface area contributed by atoms with Crippen molar-refractivity contribution < 1.29 is 4.74 Å². The highest BCUT2D eigenvalue weighted by molar-refractivity contribution is 4.74. The van der Waals surface area contributed by atoms with Crippen molar-refractivity contribution in [2.75, 3.05) is 39.9 Å². The van der Waals surface area contributed by atoms with Crippen LogP contribution in [-0.4, -0.2) is 50.8 Å². The molecule has 0 saturated heterocycles. The van der Waals surface area contributed by atoms with E-state index in [2.05, 4.69) is 44.8 Å². The minimum Gasteiger partial charge on any atom is -0.383 e. The fraction of sp³-hybridized carbons (Fsp3) is 1.00. The van der Waals surface area contributed by atoms with Crippen molar-refractivity contribution in [3.8, 4) is 0 Å². The van der Waals surface area contributed by atoms with Gasteiger partial charge in [0.05, 0.1) is 6.61 Å². The van der Waals surface area contributed by atoms with Gasteiger partial charge in [-0.1, -0.05) is 34.6 Å². The second-order valence-corrected chi connectivity index (χ2v) is 5.64. The fourth-order valence-electron chi connectivity index (χ4n) is 2.03. The molecular weight excluding hydrogens is 212 g/mol. The van der Waals surface area contributed by atoms with Crippen molar-refractivity contribution >= 4 is 0 Å². The van der Waals surface area contributed by atoms with Crippen LogP contribution in [0.5, 0.6) is 0 Å². The van der Waals surface area contributed by atoms with Crippen molar-refractivity contribution in [1.29, 1.82) is 0 Å². The van der Waals surface area contributed by atoms with Gasteiger partial charge in [-0.25, -0.2) is 0 Å². The molecule has 1 N–H and O–H groups in total. The molecule has 0 aromatic rings. The van der Waals surface area contributed by atoms with Crippen LogP contribution in [0.4, 0.5) is 0 Å². The van der Waals surface area contributed by atoms with Crippen LogP contribution >= 0.6 is 0 Å². The van der Waals surface area contributed by atoms with Crippen LogP contribution < -0.4 is 5.32 Å². The van der Waals surface area contributed by atoms with Gasteiger partial charge in [0.2, 0.25) is 0 Å². The Hall–Kier alpha value is -0.120. The second-order valence-electron chi connectivity index (χ2n) is 5.64. The Morgan fingerprint density at radius 1 is 1.06 bits per heavy atom. The minimum atomic E-state index is 0.492. The van der Waals surface area contributed by atoms with E-state index in [0.29, 0.717) is 17.9 Å². The first-order valence-corrected chi connectivity index (χ1v) is 6.94. The van der Waals surface area contributed by atoms with Crippen LogP contribution in [0.25, 0.3) is 0 Å². The third-order valence-corrected chi connectivity index (χ3v) is 2.81.